The highest BCUT2D eigenvalue weighted by molar-refractivity contribution is 5.94. The summed E-state index contributed by atoms with van der Waals surface area (Å²) in [6.45, 7) is 0.543. The van der Waals surface area contributed by atoms with Crippen LogP contribution < -0.4 is 4.74 Å². The molecule has 0 unspecified atom stereocenters. The van der Waals surface area contributed by atoms with Crippen molar-refractivity contribution in [3.8, 4) is 5.75 Å². The number of aliphatic hydroxyl groups is 1. The van der Waals surface area contributed by atoms with Gasteiger partial charge in [-0.3, -0.25) is 4.79 Å². The Balaban J connectivity index is 2.02. The number of nitrogens with zero attached hydrogens (tertiary/aromatic N) is 1. The number of hydrogen-bond acceptors (Lipinski definition) is 3. The van der Waals surface area contributed by atoms with Gasteiger partial charge in [0.2, 0.25) is 0 Å². The van der Waals surface area contributed by atoms with Crippen LogP contribution in [-0.4, -0.2) is 42.7 Å². The van der Waals surface area contributed by atoms with Crippen molar-refractivity contribution < 1.29 is 19.0 Å². The molecule has 4 nitrogen and oxygen atoms in total. The first kappa shape index (κ1) is 13.8. The zero-order valence-electron chi connectivity index (χ0n) is 11.1. The van der Waals surface area contributed by atoms with E-state index < -0.39 is 5.82 Å². The molecule has 1 aliphatic rings. The van der Waals surface area contributed by atoms with Gasteiger partial charge in [-0.1, -0.05) is 0 Å². The topological polar surface area (TPSA) is 49.8 Å². The van der Waals surface area contributed by atoms with Crippen molar-refractivity contribution in [3.05, 3.63) is 29.6 Å². The third-order valence-electron chi connectivity index (χ3n) is 3.50. The minimum absolute atomic E-state index is 0.0446. The summed E-state index contributed by atoms with van der Waals surface area (Å²) in [5, 5.41) is 9.21. The molecule has 0 aliphatic heterocycles. The summed E-state index contributed by atoms with van der Waals surface area (Å²) >= 11 is 0. The maximum absolute atomic E-state index is 13.8. The van der Waals surface area contributed by atoms with E-state index in [1.165, 1.54) is 24.1 Å². The molecule has 0 bridgehead atoms. The van der Waals surface area contributed by atoms with Crippen LogP contribution in [0, 0.1) is 11.7 Å². The molecule has 0 heterocycles. The molecule has 1 N–H and O–H groups in total. The molecule has 19 heavy (non-hydrogen) atoms. The van der Waals surface area contributed by atoms with Crippen LogP contribution in [0.4, 0.5) is 4.39 Å². The van der Waals surface area contributed by atoms with Gasteiger partial charge in [-0.2, -0.15) is 0 Å². The monoisotopic (exact) mass is 267 g/mol. The number of carbonyl (C=O) groups is 1. The van der Waals surface area contributed by atoms with Crippen molar-refractivity contribution in [2.45, 2.75) is 18.9 Å². The Kier molecular flexibility index (Phi) is 4.04. The Morgan fingerprint density at radius 3 is 2.74 bits per heavy atom. The van der Waals surface area contributed by atoms with Gasteiger partial charge < -0.3 is 14.7 Å². The number of benzene rings is 1. The largest absolute Gasteiger partial charge is 0.497 e. The normalized spacial score (nSPS) is 21.7. The van der Waals surface area contributed by atoms with Crippen LogP contribution in [0.5, 0.6) is 5.75 Å². The molecule has 1 fully saturated rings. The Hall–Kier alpha value is -1.62. The third-order valence-corrected chi connectivity index (χ3v) is 3.50. The van der Waals surface area contributed by atoms with E-state index in [9.17, 15) is 14.3 Å². The molecule has 104 valence electrons. The van der Waals surface area contributed by atoms with Gasteiger partial charge in [0.25, 0.3) is 5.91 Å². The van der Waals surface area contributed by atoms with E-state index in [0.717, 1.165) is 0 Å². The summed E-state index contributed by atoms with van der Waals surface area (Å²) in [6.07, 6.45) is 1.18. The van der Waals surface area contributed by atoms with E-state index in [1.54, 1.807) is 13.1 Å². The van der Waals surface area contributed by atoms with Crippen LogP contribution >= 0.6 is 0 Å². The summed E-state index contributed by atoms with van der Waals surface area (Å²) < 4.78 is 18.7. The fourth-order valence-electron chi connectivity index (χ4n) is 2.32. The van der Waals surface area contributed by atoms with E-state index >= 15 is 0 Å². The van der Waals surface area contributed by atoms with Crippen LogP contribution in [0.1, 0.15) is 23.2 Å². The van der Waals surface area contributed by atoms with Crippen LogP contribution in [-0.2, 0) is 0 Å². The summed E-state index contributed by atoms with van der Waals surface area (Å²) in [6, 6.07) is 4.20. The lowest BCUT2D eigenvalue weighted by atomic mass is 9.82. The lowest BCUT2D eigenvalue weighted by molar-refractivity contribution is 0.0264. The van der Waals surface area contributed by atoms with Crippen molar-refractivity contribution in [1.29, 1.82) is 0 Å². The fraction of sp³-hybridized carbons (Fsp3) is 0.500. The third kappa shape index (κ3) is 3.04. The van der Waals surface area contributed by atoms with Gasteiger partial charge in [0.1, 0.15) is 11.6 Å². The quantitative estimate of drug-likeness (QED) is 0.903. The van der Waals surface area contributed by atoms with E-state index in [1.807, 2.05) is 0 Å². The van der Waals surface area contributed by atoms with Gasteiger partial charge in [0.15, 0.2) is 0 Å². The zero-order chi connectivity index (χ0) is 14.0. The number of ether oxygens (including phenoxy) is 1. The summed E-state index contributed by atoms with van der Waals surface area (Å²) in [5.41, 5.74) is 0.0446. The van der Waals surface area contributed by atoms with Crippen molar-refractivity contribution in [2.75, 3.05) is 20.7 Å². The van der Waals surface area contributed by atoms with Gasteiger partial charge in [-0.05, 0) is 30.9 Å². The number of carbonyl (C=O) groups excluding carboxylic acids is 1. The summed E-state index contributed by atoms with van der Waals surface area (Å²) in [4.78, 5) is 13.6. The molecule has 0 atom stereocenters. The number of methoxy groups -OCH3 is 1. The minimum Gasteiger partial charge on any atom is -0.497 e. The van der Waals surface area contributed by atoms with Crippen molar-refractivity contribution in [2.24, 2.45) is 5.92 Å². The Labute approximate surface area is 111 Å². The summed E-state index contributed by atoms with van der Waals surface area (Å²) in [5.74, 6) is -0.226. The fourth-order valence-corrected chi connectivity index (χ4v) is 2.32. The molecule has 0 saturated heterocycles. The van der Waals surface area contributed by atoms with Gasteiger partial charge in [-0.25, -0.2) is 4.39 Å². The van der Waals surface area contributed by atoms with E-state index in [4.69, 9.17) is 4.74 Å². The second-order valence-electron chi connectivity index (χ2n) is 5.02. The molecule has 5 heteroatoms. The lowest BCUT2D eigenvalue weighted by Gasteiger charge is -2.34. The maximum atomic E-state index is 13.8. The van der Waals surface area contributed by atoms with Crippen LogP contribution in [0.15, 0.2) is 18.2 Å². The number of rotatable bonds is 4. The molecule has 0 radical (unpaired) electrons. The Bertz CT molecular complexity index is 472. The standard InChI is InChI=1S/C14H18FNO3/c1-16(8-9-5-10(17)6-9)14(18)12-4-3-11(19-2)7-13(12)15/h3-4,7,9-10,17H,5-6,8H2,1-2H3. The molecule has 2 rings (SSSR count). The van der Waals surface area contributed by atoms with Gasteiger partial charge in [0.05, 0.1) is 18.8 Å². The average Bonchev–Trinajstić information content (AvgIpc) is 2.35. The molecular weight excluding hydrogens is 249 g/mol. The zero-order valence-corrected chi connectivity index (χ0v) is 11.1. The predicted octanol–water partition coefficient (Wildman–Crippen LogP) is 1.68. The number of hydrogen-bond donors (Lipinski definition) is 1. The highest BCUT2D eigenvalue weighted by Gasteiger charge is 2.29. The minimum atomic E-state index is -0.579. The van der Waals surface area contributed by atoms with Crippen LogP contribution in [0.3, 0.4) is 0 Å². The van der Waals surface area contributed by atoms with E-state index in [-0.39, 0.29) is 17.6 Å². The second kappa shape index (κ2) is 5.57. The Morgan fingerprint density at radius 1 is 1.53 bits per heavy atom. The second-order valence-corrected chi connectivity index (χ2v) is 5.02. The highest BCUT2D eigenvalue weighted by atomic mass is 19.1. The summed E-state index contributed by atoms with van der Waals surface area (Å²) in [7, 11) is 3.10. The first-order chi connectivity index (χ1) is 9.01. The molecule has 1 saturated carbocycles. The number of aliphatic hydroxyl groups excluding tert-OH is 1. The SMILES string of the molecule is COc1ccc(C(=O)N(C)CC2CC(O)C2)c(F)c1. The first-order valence-corrected chi connectivity index (χ1v) is 6.28. The van der Waals surface area contributed by atoms with Crippen molar-refractivity contribution in [1.82, 2.24) is 4.90 Å². The molecule has 1 aliphatic carbocycles. The van der Waals surface area contributed by atoms with Gasteiger partial charge in [0, 0.05) is 19.7 Å². The lowest BCUT2D eigenvalue weighted by Crippen LogP contribution is -2.39. The van der Waals surface area contributed by atoms with Crippen LogP contribution in [0.2, 0.25) is 0 Å². The molecular formula is C14H18FNO3. The number of amides is 1. The molecule has 1 aromatic rings. The number of halogens is 1. The molecule has 0 spiro atoms. The van der Waals surface area contributed by atoms with E-state index in [2.05, 4.69) is 0 Å². The average molecular weight is 267 g/mol. The Morgan fingerprint density at radius 2 is 2.21 bits per heavy atom. The maximum Gasteiger partial charge on any atom is 0.256 e. The van der Waals surface area contributed by atoms with E-state index in [0.29, 0.717) is 31.1 Å². The van der Waals surface area contributed by atoms with Gasteiger partial charge >= 0.3 is 0 Å². The van der Waals surface area contributed by atoms with Gasteiger partial charge in [-0.15, -0.1) is 0 Å². The smallest absolute Gasteiger partial charge is 0.256 e. The molecule has 1 amide bonds. The first-order valence-electron chi connectivity index (χ1n) is 6.28. The molecule has 1 aromatic carbocycles. The van der Waals surface area contributed by atoms with Crippen LogP contribution in [0.25, 0.3) is 0 Å². The van der Waals surface area contributed by atoms with Crippen molar-refractivity contribution in [3.63, 3.8) is 0 Å². The van der Waals surface area contributed by atoms with Crippen molar-refractivity contribution >= 4 is 5.91 Å². The molecule has 0 aromatic heterocycles. The predicted molar refractivity (Wildman–Crippen MR) is 68.6 cm³/mol. The highest BCUT2D eigenvalue weighted by Crippen LogP contribution is 2.28.